The van der Waals surface area contributed by atoms with Gasteiger partial charge in [-0.2, -0.15) is 5.10 Å². The zero-order valence-corrected chi connectivity index (χ0v) is 20.1. The van der Waals surface area contributed by atoms with E-state index in [9.17, 15) is 9.59 Å². The van der Waals surface area contributed by atoms with Crippen LogP contribution in [-0.4, -0.2) is 41.9 Å². The highest BCUT2D eigenvalue weighted by Gasteiger charge is 2.26. The third-order valence-corrected chi connectivity index (χ3v) is 7.20. The minimum atomic E-state index is -0.285. The van der Waals surface area contributed by atoms with Crippen molar-refractivity contribution in [1.82, 2.24) is 15.1 Å². The van der Waals surface area contributed by atoms with E-state index < -0.39 is 0 Å². The lowest BCUT2D eigenvalue weighted by atomic mass is 9.95. The van der Waals surface area contributed by atoms with Crippen LogP contribution in [0.2, 0.25) is 5.02 Å². The number of nitrogens with zero attached hydrogens (tertiary/aromatic N) is 2. The van der Waals surface area contributed by atoms with Gasteiger partial charge in [-0.3, -0.25) is 14.3 Å². The van der Waals surface area contributed by atoms with Gasteiger partial charge in [-0.15, -0.1) is 11.3 Å². The summed E-state index contributed by atoms with van der Waals surface area (Å²) in [4.78, 5) is 27.2. The van der Waals surface area contributed by atoms with E-state index in [2.05, 4.69) is 15.7 Å². The Morgan fingerprint density at radius 3 is 2.85 bits per heavy atom. The van der Waals surface area contributed by atoms with Crippen LogP contribution < -0.4 is 10.6 Å². The molecule has 1 aliphatic rings. The third-order valence-electron chi connectivity index (χ3n) is 5.62. The van der Waals surface area contributed by atoms with Gasteiger partial charge in [-0.1, -0.05) is 29.8 Å². The molecule has 4 rings (SSSR count). The molecule has 0 bridgehead atoms. The second kappa shape index (κ2) is 11.0. The van der Waals surface area contributed by atoms with Gasteiger partial charge in [0.1, 0.15) is 5.00 Å². The molecule has 2 aromatic heterocycles. The van der Waals surface area contributed by atoms with Crippen LogP contribution >= 0.6 is 22.9 Å². The van der Waals surface area contributed by atoms with Crippen LogP contribution in [-0.2, 0) is 24.1 Å². The summed E-state index contributed by atoms with van der Waals surface area (Å²) in [6.45, 7) is 1.58. The molecule has 174 valence electrons. The summed E-state index contributed by atoms with van der Waals surface area (Å²) in [5, 5.41) is 11.5. The Morgan fingerprint density at radius 2 is 2.03 bits per heavy atom. The molecule has 0 aliphatic heterocycles. The van der Waals surface area contributed by atoms with Gasteiger partial charge in [0, 0.05) is 36.4 Å². The molecule has 33 heavy (non-hydrogen) atoms. The van der Waals surface area contributed by atoms with Crippen molar-refractivity contribution in [2.75, 3.05) is 25.6 Å². The average molecular weight is 487 g/mol. The molecule has 0 fully saturated rings. The maximum Gasteiger partial charge on any atom is 0.259 e. The molecule has 0 radical (unpaired) electrons. The number of benzene rings is 1. The van der Waals surface area contributed by atoms with Gasteiger partial charge in [-0.05, 0) is 49.3 Å². The number of carbonyl (C=O) groups excluding carboxylic acids is 2. The van der Waals surface area contributed by atoms with Gasteiger partial charge in [0.15, 0.2) is 0 Å². The fraction of sp³-hybridized carbons (Fsp3) is 0.375. The van der Waals surface area contributed by atoms with E-state index in [0.717, 1.165) is 43.2 Å². The molecule has 0 saturated carbocycles. The molecular weight excluding hydrogens is 460 g/mol. The SMILES string of the molecule is COCCCNC(=O)c1c(NC(=O)c2cnn(Cc3ccccc3Cl)c2)sc2c1CCCC2. The first-order valence-electron chi connectivity index (χ1n) is 11.1. The number of fused-ring (bicyclic) bond motifs is 1. The van der Waals surface area contributed by atoms with Crippen molar-refractivity contribution in [3.8, 4) is 0 Å². The van der Waals surface area contributed by atoms with E-state index in [1.54, 1.807) is 18.0 Å². The molecule has 7 nitrogen and oxygen atoms in total. The molecule has 2 amide bonds. The van der Waals surface area contributed by atoms with Crippen LogP contribution in [0.15, 0.2) is 36.7 Å². The van der Waals surface area contributed by atoms with Gasteiger partial charge >= 0.3 is 0 Å². The first-order valence-corrected chi connectivity index (χ1v) is 12.2. The predicted octanol–water partition coefficient (Wildman–Crippen LogP) is 4.54. The van der Waals surface area contributed by atoms with E-state index in [1.165, 1.54) is 22.4 Å². The summed E-state index contributed by atoms with van der Waals surface area (Å²) in [6.07, 6.45) is 7.91. The van der Waals surface area contributed by atoms with Crippen LogP contribution in [0, 0.1) is 0 Å². The lowest BCUT2D eigenvalue weighted by Crippen LogP contribution is -2.27. The number of methoxy groups -OCH3 is 1. The van der Waals surface area contributed by atoms with Crippen molar-refractivity contribution in [2.24, 2.45) is 0 Å². The highest BCUT2D eigenvalue weighted by atomic mass is 35.5. The first-order chi connectivity index (χ1) is 16.1. The number of nitrogens with one attached hydrogen (secondary N) is 2. The third kappa shape index (κ3) is 5.63. The van der Waals surface area contributed by atoms with Gasteiger partial charge < -0.3 is 15.4 Å². The number of halogens is 1. The van der Waals surface area contributed by atoms with Gasteiger partial charge in [0.2, 0.25) is 0 Å². The van der Waals surface area contributed by atoms with Crippen molar-refractivity contribution >= 4 is 39.8 Å². The van der Waals surface area contributed by atoms with Crippen LogP contribution in [0.25, 0.3) is 0 Å². The standard InChI is InChI=1S/C24H27ClN4O3S/c1-32-12-6-11-26-23(31)21-18-8-3-5-10-20(18)33-24(21)28-22(30)17-13-27-29(15-17)14-16-7-2-4-9-19(16)25/h2,4,7,9,13,15H,3,5-6,8,10-12,14H2,1H3,(H,26,31)(H,28,30). The van der Waals surface area contributed by atoms with E-state index in [1.807, 2.05) is 24.3 Å². The van der Waals surface area contributed by atoms with E-state index in [4.69, 9.17) is 16.3 Å². The van der Waals surface area contributed by atoms with Gasteiger partial charge in [0.25, 0.3) is 11.8 Å². The Hall–Kier alpha value is -2.68. The highest BCUT2D eigenvalue weighted by Crippen LogP contribution is 2.38. The lowest BCUT2D eigenvalue weighted by molar-refractivity contribution is 0.0948. The second-order valence-electron chi connectivity index (χ2n) is 7.99. The van der Waals surface area contributed by atoms with E-state index >= 15 is 0 Å². The number of anilines is 1. The molecule has 3 aromatic rings. The smallest absolute Gasteiger partial charge is 0.259 e. The predicted molar refractivity (Wildman–Crippen MR) is 131 cm³/mol. The van der Waals surface area contributed by atoms with Crippen molar-refractivity contribution < 1.29 is 14.3 Å². The van der Waals surface area contributed by atoms with Crippen LogP contribution in [0.3, 0.4) is 0 Å². The number of thiophene rings is 1. The molecule has 1 aliphatic carbocycles. The molecule has 0 unspecified atom stereocenters. The molecule has 1 aromatic carbocycles. The van der Waals surface area contributed by atoms with E-state index in [-0.39, 0.29) is 11.8 Å². The van der Waals surface area contributed by atoms with Crippen molar-refractivity contribution in [1.29, 1.82) is 0 Å². The first kappa shape index (κ1) is 23.5. The van der Waals surface area contributed by atoms with E-state index in [0.29, 0.717) is 40.8 Å². The van der Waals surface area contributed by atoms with Crippen LogP contribution in [0.5, 0.6) is 0 Å². The summed E-state index contributed by atoms with van der Waals surface area (Å²) in [5.41, 5.74) is 3.02. The average Bonchev–Trinajstić information content (AvgIpc) is 3.42. The quantitative estimate of drug-likeness (QED) is 0.435. The fourth-order valence-corrected chi connectivity index (χ4v) is 5.42. The Balaban J connectivity index is 1.50. The number of amides is 2. The summed E-state index contributed by atoms with van der Waals surface area (Å²) in [7, 11) is 1.64. The molecule has 2 N–H and O–H groups in total. The van der Waals surface area contributed by atoms with Crippen LogP contribution in [0.4, 0.5) is 5.00 Å². The minimum Gasteiger partial charge on any atom is -0.385 e. The monoisotopic (exact) mass is 486 g/mol. The Morgan fingerprint density at radius 1 is 1.21 bits per heavy atom. The number of ether oxygens (including phenoxy) is 1. The highest BCUT2D eigenvalue weighted by molar-refractivity contribution is 7.17. The minimum absolute atomic E-state index is 0.143. The molecule has 0 spiro atoms. The Kier molecular flexibility index (Phi) is 7.80. The molecule has 9 heteroatoms. The topological polar surface area (TPSA) is 85.2 Å². The zero-order chi connectivity index (χ0) is 23.2. The van der Waals surface area contributed by atoms with Gasteiger partial charge in [0.05, 0.1) is 23.9 Å². The maximum absolute atomic E-state index is 13.0. The number of hydrogen-bond donors (Lipinski definition) is 2. The van der Waals surface area contributed by atoms with Gasteiger partial charge in [-0.25, -0.2) is 0 Å². The number of hydrogen-bond acceptors (Lipinski definition) is 5. The van der Waals surface area contributed by atoms with Crippen molar-refractivity contribution in [2.45, 2.75) is 38.6 Å². The molecule has 2 heterocycles. The molecule has 0 saturated heterocycles. The van der Waals surface area contributed by atoms with Crippen molar-refractivity contribution in [3.05, 3.63) is 68.8 Å². The Labute approximate surface area is 202 Å². The lowest BCUT2D eigenvalue weighted by Gasteiger charge is -2.13. The molecular formula is C24H27ClN4O3S. The summed E-state index contributed by atoms with van der Waals surface area (Å²) >= 11 is 7.74. The van der Waals surface area contributed by atoms with Crippen molar-refractivity contribution in [3.63, 3.8) is 0 Å². The number of aryl methyl sites for hydroxylation is 1. The fourth-order valence-electron chi connectivity index (χ4n) is 3.94. The van der Waals surface area contributed by atoms with Crippen LogP contribution in [0.1, 0.15) is 56.0 Å². The Bertz CT molecular complexity index is 1140. The second-order valence-corrected chi connectivity index (χ2v) is 9.50. The molecule has 0 atom stereocenters. The zero-order valence-electron chi connectivity index (χ0n) is 18.5. The number of rotatable bonds is 9. The number of aromatic nitrogens is 2. The summed E-state index contributed by atoms with van der Waals surface area (Å²) in [5.74, 6) is -0.428. The largest absolute Gasteiger partial charge is 0.385 e. The normalized spacial score (nSPS) is 12.9. The summed E-state index contributed by atoms with van der Waals surface area (Å²) in [6, 6.07) is 7.55. The number of carbonyl (C=O) groups is 2. The maximum atomic E-state index is 13.0. The summed E-state index contributed by atoms with van der Waals surface area (Å²) < 4.78 is 6.73.